The molecule has 4 rings (SSSR count). The normalized spacial score (nSPS) is 31.7. The van der Waals surface area contributed by atoms with Gasteiger partial charge in [-0.15, -0.1) is 11.8 Å². The van der Waals surface area contributed by atoms with Crippen LogP contribution in [0.1, 0.15) is 51.6 Å². The van der Waals surface area contributed by atoms with Crippen LogP contribution in [0.15, 0.2) is 30.3 Å². The van der Waals surface area contributed by atoms with Crippen molar-refractivity contribution in [2.75, 3.05) is 13.2 Å². The number of likely N-dealkylation sites (tertiary alicyclic amines) is 1. The van der Waals surface area contributed by atoms with Crippen LogP contribution in [0.3, 0.4) is 0 Å². The molecular weight excluding hydrogens is 426 g/mol. The Morgan fingerprint density at radius 3 is 2.59 bits per heavy atom. The standard InChI is InChI=1S/C24H33N3O4S/c1-4-12-25-21(29)18-17-10-11-24(32-17)19(18)23(31)27(20(24)22(30)26-14(2)3)16(13-28)15-8-6-5-7-9-15/h5-9,14,16-20,28H,4,10-13H2,1-3H3,(H,25,29)(H,26,30)/t16-,17-,18+,19+,20?,24?/m1/s1. The number of carbonyl (C=O) groups is 3. The zero-order chi connectivity index (χ0) is 23.0. The molecule has 1 aromatic carbocycles. The topological polar surface area (TPSA) is 98.7 Å². The highest BCUT2D eigenvalue weighted by Crippen LogP contribution is 2.67. The molecule has 3 aliphatic rings. The summed E-state index contributed by atoms with van der Waals surface area (Å²) in [6, 6.07) is 7.91. The first-order valence-corrected chi connectivity index (χ1v) is 12.5. The number of hydrogen-bond donors (Lipinski definition) is 3. The fraction of sp³-hybridized carbons (Fsp3) is 0.625. The number of aliphatic hydroxyl groups is 1. The van der Waals surface area contributed by atoms with Crippen molar-refractivity contribution in [3.8, 4) is 0 Å². The van der Waals surface area contributed by atoms with Gasteiger partial charge in [-0.3, -0.25) is 14.4 Å². The fourth-order valence-corrected chi connectivity index (χ4v) is 7.99. The molecule has 1 aromatic rings. The van der Waals surface area contributed by atoms with E-state index in [1.165, 1.54) is 0 Å². The van der Waals surface area contributed by atoms with E-state index < -0.39 is 28.7 Å². The van der Waals surface area contributed by atoms with Crippen LogP contribution in [0.5, 0.6) is 0 Å². The van der Waals surface area contributed by atoms with Crippen molar-refractivity contribution in [3.63, 3.8) is 0 Å². The largest absolute Gasteiger partial charge is 0.394 e. The van der Waals surface area contributed by atoms with E-state index in [-0.39, 0.29) is 35.6 Å². The molecule has 3 heterocycles. The first kappa shape index (κ1) is 23.1. The predicted molar refractivity (Wildman–Crippen MR) is 124 cm³/mol. The number of fused-ring (bicyclic) bond motifs is 1. The number of nitrogens with one attached hydrogen (secondary N) is 2. The van der Waals surface area contributed by atoms with Gasteiger partial charge in [0.1, 0.15) is 6.04 Å². The number of hydrogen-bond acceptors (Lipinski definition) is 5. The number of rotatable bonds is 8. The minimum absolute atomic E-state index is 0.0432. The maximum Gasteiger partial charge on any atom is 0.244 e. The van der Waals surface area contributed by atoms with E-state index in [0.717, 1.165) is 24.8 Å². The summed E-state index contributed by atoms with van der Waals surface area (Å²) in [7, 11) is 0. The molecule has 0 saturated carbocycles. The number of thioether (sulfide) groups is 1. The Balaban J connectivity index is 1.77. The van der Waals surface area contributed by atoms with Gasteiger partial charge in [0.05, 0.1) is 29.2 Å². The van der Waals surface area contributed by atoms with Gasteiger partial charge in [-0.25, -0.2) is 0 Å². The average Bonchev–Trinajstić information content (AvgIpc) is 3.41. The van der Waals surface area contributed by atoms with Crippen molar-refractivity contribution in [1.29, 1.82) is 0 Å². The molecule has 2 unspecified atom stereocenters. The summed E-state index contributed by atoms with van der Waals surface area (Å²) in [4.78, 5) is 42.2. The van der Waals surface area contributed by atoms with Gasteiger partial charge in [0.15, 0.2) is 0 Å². The minimum atomic E-state index is -0.723. The Bertz CT molecular complexity index is 879. The molecule has 32 heavy (non-hydrogen) atoms. The summed E-state index contributed by atoms with van der Waals surface area (Å²) < 4.78 is -0.642. The molecule has 2 bridgehead atoms. The van der Waals surface area contributed by atoms with Crippen LogP contribution in [0.25, 0.3) is 0 Å². The second-order valence-corrected chi connectivity index (χ2v) is 11.0. The molecule has 3 aliphatic heterocycles. The van der Waals surface area contributed by atoms with Crippen molar-refractivity contribution in [2.45, 2.75) is 68.2 Å². The summed E-state index contributed by atoms with van der Waals surface area (Å²) in [6.07, 6.45) is 2.36. The predicted octanol–water partition coefficient (Wildman–Crippen LogP) is 1.86. The summed E-state index contributed by atoms with van der Waals surface area (Å²) in [5.74, 6) is -1.48. The molecular formula is C24H33N3O4S. The van der Waals surface area contributed by atoms with Gasteiger partial charge in [-0.1, -0.05) is 37.3 Å². The molecule has 0 aliphatic carbocycles. The second kappa shape index (κ2) is 9.06. The summed E-state index contributed by atoms with van der Waals surface area (Å²) in [5, 5.41) is 16.4. The van der Waals surface area contributed by atoms with Gasteiger partial charge >= 0.3 is 0 Å². The van der Waals surface area contributed by atoms with Crippen molar-refractivity contribution in [1.82, 2.24) is 15.5 Å². The van der Waals surface area contributed by atoms with Crippen molar-refractivity contribution >= 4 is 29.5 Å². The van der Waals surface area contributed by atoms with Crippen LogP contribution < -0.4 is 10.6 Å². The zero-order valence-corrected chi connectivity index (χ0v) is 19.7. The molecule has 7 nitrogen and oxygen atoms in total. The second-order valence-electron chi connectivity index (χ2n) is 9.36. The third-order valence-corrected chi connectivity index (χ3v) is 8.91. The van der Waals surface area contributed by atoms with E-state index in [1.807, 2.05) is 51.1 Å². The van der Waals surface area contributed by atoms with Crippen molar-refractivity contribution in [3.05, 3.63) is 35.9 Å². The molecule has 0 radical (unpaired) electrons. The van der Waals surface area contributed by atoms with Gasteiger partial charge in [0.2, 0.25) is 17.7 Å². The van der Waals surface area contributed by atoms with Gasteiger partial charge in [-0.2, -0.15) is 0 Å². The highest BCUT2D eigenvalue weighted by Gasteiger charge is 2.74. The molecule has 6 atom stereocenters. The number of nitrogens with zero attached hydrogens (tertiary/aromatic N) is 1. The quantitative estimate of drug-likeness (QED) is 0.551. The average molecular weight is 460 g/mol. The van der Waals surface area contributed by atoms with E-state index in [0.29, 0.717) is 6.54 Å². The lowest BCUT2D eigenvalue weighted by Crippen LogP contribution is -2.55. The third-order valence-electron chi connectivity index (χ3n) is 6.96. The molecule has 174 valence electrons. The SMILES string of the molecule is CCCNC(=O)[C@@H]1[C@H]2C(=O)N([C@H](CO)c3ccccc3)C(C(=O)NC(C)C)C23CC[C@H]1S3. The minimum Gasteiger partial charge on any atom is -0.394 e. The van der Waals surface area contributed by atoms with Gasteiger partial charge in [-0.05, 0) is 38.7 Å². The van der Waals surface area contributed by atoms with E-state index in [1.54, 1.807) is 16.7 Å². The monoisotopic (exact) mass is 459 g/mol. The lowest BCUT2D eigenvalue weighted by molar-refractivity contribution is -0.143. The Kier molecular flexibility index (Phi) is 6.54. The summed E-state index contributed by atoms with van der Waals surface area (Å²) in [5.41, 5.74) is 0.786. The number of benzene rings is 1. The highest BCUT2D eigenvalue weighted by molar-refractivity contribution is 8.02. The van der Waals surface area contributed by atoms with Crippen LogP contribution in [-0.2, 0) is 14.4 Å². The van der Waals surface area contributed by atoms with Crippen molar-refractivity contribution < 1.29 is 19.5 Å². The van der Waals surface area contributed by atoms with Gasteiger partial charge < -0.3 is 20.6 Å². The maximum absolute atomic E-state index is 14.0. The summed E-state index contributed by atoms with van der Waals surface area (Å²) >= 11 is 1.65. The number of carbonyl (C=O) groups excluding carboxylic acids is 3. The lowest BCUT2D eigenvalue weighted by Gasteiger charge is -2.37. The Morgan fingerprint density at radius 1 is 1.25 bits per heavy atom. The fourth-order valence-electron chi connectivity index (χ4n) is 5.79. The molecule has 0 aromatic heterocycles. The Labute approximate surface area is 193 Å². The highest BCUT2D eigenvalue weighted by atomic mass is 32.2. The van der Waals surface area contributed by atoms with E-state index in [4.69, 9.17) is 0 Å². The smallest absolute Gasteiger partial charge is 0.244 e. The molecule has 1 spiro atoms. The van der Waals surface area contributed by atoms with Crippen LogP contribution in [-0.4, -0.2) is 63.0 Å². The first-order chi connectivity index (χ1) is 15.4. The van der Waals surface area contributed by atoms with Crippen LogP contribution in [0.4, 0.5) is 0 Å². The zero-order valence-electron chi connectivity index (χ0n) is 18.9. The van der Waals surface area contributed by atoms with Crippen LogP contribution >= 0.6 is 11.8 Å². The molecule has 3 saturated heterocycles. The van der Waals surface area contributed by atoms with Gasteiger partial charge in [0, 0.05) is 17.8 Å². The Hall–Kier alpha value is -2.06. The molecule has 3 fully saturated rings. The van der Waals surface area contributed by atoms with Gasteiger partial charge in [0.25, 0.3) is 0 Å². The molecule has 3 N–H and O–H groups in total. The number of amides is 3. The Morgan fingerprint density at radius 2 is 1.97 bits per heavy atom. The maximum atomic E-state index is 14.0. The van der Waals surface area contributed by atoms with E-state index >= 15 is 0 Å². The van der Waals surface area contributed by atoms with Crippen LogP contribution in [0.2, 0.25) is 0 Å². The van der Waals surface area contributed by atoms with E-state index in [2.05, 4.69) is 10.6 Å². The third kappa shape index (κ3) is 3.61. The lowest BCUT2D eigenvalue weighted by atomic mass is 9.70. The van der Waals surface area contributed by atoms with Crippen molar-refractivity contribution in [2.24, 2.45) is 11.8 Å². The number of aliphatic hydroxyl groups excluding tert-OH is 1. The molecule has 8 heteroatoms. The molecule has 3 amide bonds. The van der Waals surface area contributed by atoms with E-state index in [9.17, 15) is 19.5 Å². The first-order valence-electron chi connectivity index (χ1n) is 11.6. The summed E-state index contributed by atoms with van der Waals surface area (Å²) in [6.45, 7) is 6.08. The van der Waals surface area contributed by atoms with Crippen LogP contribution in [0, 0.1) is 11.8 Å².